The molecule has 0 aromatic heterocycles. The van der Waals surface area contributed by atoms with Crippen LogP contribution >= 0.6 is 11.6 Å². The third-order valence-corrected chi connectivity index (χ3v) is 3.12. The van der Waals surface area contributed by atoms with Gasteiger partial charge in [0.05, 0.1) is 5.02 Å². The van der Waals surface area contributed by atoms with Crippen LogP contribution in [-0.2, 0) is 4.79 Å². The Morgan fingerprint density at radius 3 is 2.78 bits per heavy atom. The summed E-state index contributed by atoms with van der Waals surface area (Å²) < 4.78 is 5.10. The number of hydrogen-bond donors (Lipinski definition) is 1. The zero-order chi connectivity index (χ0) is 13.1. The zero-order valence-corrected chi connectivity index (χ0v) is 10.3. The standard InChI is InChI=1S/C12H12ClNO4/c13-8-4-1-2-6-10(8)18-12(17)14-7-3-5-9(14)11(15)16/h1-2,4,6,9H,3,5,7H2,(H,15,16). The molecule has 0 radical (unpaired) electrons. The number of benzene rings is 1. The Kier molecular flexibility index (Phi) is 3.72. The van der Waals surface area contributed by atoms with Crippen molar-refractivity contribution in [1.82, 2.24) is 4.90 Å². The molecule has 1 amide bonds. The van der Waals surface area contributed by atoms with Crippen LogP contribution in [0, 0.1) is 0 Å². The first-order valence-corrected chi connectivity index (χ1v) is 5.93. The Hall–Kier alpha value is -1.75. The van der Waals surface area contributed by atoms with E-state index in [0.29, 0.717) is 24.4 Å². The molecule has 1 aliphatic rings. The van der Waals surface area contributed by atoms with Gasteiger partial charge in [-0.3, -0.25) is 4.90 Å². The molecule has 1 atom stereocenters. The number of aliphatic carboxylic acids is 1. The highest BCUT2D eigenvalue weighted by atomic mass is 35.5. The summed E-state index contributed by atoms with van der Waals surface area (Å²) in [5, 5.41) is 9.29. The van der Waals surface area contributed by atoms with Gasteiger partial charge in [0.15, 0.2) is 5.75 Å². The van der Waals surface area contributed by atoms with Crippen molar-refractivity contribution in [3.63, 3.8) is 0 Å². The van der Waals surface area contributed by atoms with Crippen molar-refractivity contribution < 1.29 is 19.4 Å². The summed E-state index contributed by atoms with van der Waals surface area (Å²) in [5.41, 5.74) is 0. The summed E-state index contributed by atoms with van der Waals surface area (Å²) >= 11 is 5.86. The largest absolute Gasteiger partial charge is 0.480 e. The van der Waals surface area contributed by atoms with Gasteiger partial charge in [0, 0.05) is 6.54 Å². The molecule has 0 saturated carbocycles. The van der Waals surface area contributed by atoms with E-state index in [1.165, 1.54) is 4.90 Å². The lowest BCUT2D eigenvalue weighted by atomic mass is 10.2. The summed E-state index contributed by atoms with van der Waals surface area (Å²) in [6.45, 7) is 0.389. The number of hydrogen-bond acceptors (Lipinski definition) is 3. The van der Waals surface area contributed by atoms with Gasteiger partial charge < -0.3 is 9.84 Å². The fraction of sp³-hybridized carbons (Fsp3) is 0.333. The molecule has 0 bridgehead atoms. The number of nitrogens with zero attached hydrogens (tertiary/aromatic N) is 1. The zero-order valence-electron chi connectivity index (χ0n) is 9.51. The molecule has 6 heteroatoms. The molecule has 1 N–H and O–H groups in total. The second kappa shape index (κ2) is 5.27. The van der Waals surface area contributed by atoms with Gasteiger partial charge in [-0.25, -0.2) is 9.59 Å². The van der Waals surface area contributed by atoms with Crippen molar-refractivity contribution in [3.05, 3.63) is 29.3 Å². The normalized spacial score (nSPS) is 18.7. The quantitative estimate of drug-likeness (QED) is 0.895. The number of carbonyl (C=O) groups excluding carboxylic acids is 1. The van der Waals surface area contributed by atoms with E-state index in [2.05, 4.69) is 0 Å². The Morgan fingerprint density at radius 1 is 1.39 bits per heavy atom. The number of carboxylic acid groups (broad SMARTS) is 1. The van der Waals surface area contributed by atoms with E-state index in [9.17, 15) is 9.59 Å². The number of halogens is 1. The number of carboxylic acids is 1. The monoisotopic (exact) mass is 269 g/mol. The first-order valence-electron chi connectivity index (χ1n) is 5.55. The van der Waals surface area contributed by atoms with E-state index in [-0.39, 0.29) is 5.75 Å². The lowest BCUT2D eigenvalue weighted by Crippen LogP contribution is -2.42. The molecule has 0 spiro atoms. The second-order valence-electron chi connectivity index (χ2n) is 3.99. The Morgan fingerprint density at radius 2 is 2.11 bits per heavy atom. The summed E-state index contributed by atoms with van der Waals surface area (Å²) in [6.07, 6.45) is 0.439. The molecule has 96 valence electrons. The summed E-state index contributed by atoms with van der Waals surface area (Å²) in [6, 6.07) is 5.76. The molecule has 1 aliphatic heterocycles. The van der Waals surface area contributed by atoms with Crippen LogP contribution < -0.4 is 4.74 Å². The van der Waals surface area contributed by atoms with Gasteiger partial charge in [-0.15, -0.1) is 0 Å². The molecule has 1 aromatic carbocycles. The van der Waals surface area contributed by atoms with Crippen molar-refractivity contribution in [2.45, 2.75) is 18.9 Å². The van der Waals surface area contributed by atoms with Gasteiger partial charge in [-0.1, -0.05) is 23.7 Å². The predicted molar refractivity (Wildman–Crippen MR) is 64.8 cm³/mol. The third-order valence-electron chi connectivity index (χ3n) is 2.81. The third kappa shape index (κ3) is 2.56. The lowest BCUT2D eigenvalue weighted by Gasteiger charge is -2.20. The van der Waals surface area contributed by atoms with Gasteiger partial charge in [-0.2, -0.15) is 0 Å². The highest BCUT2D eigenvalue weighted by Gasteiger charge is 2.35. The predicted octanol–water partition coefficient (Wildman–Crippen LogP) is 2.39. The van der Waals surface area contributed by atoms with Crippen LogP contribution in [0.25, 0.3) is 0 Å². The average molecular weight is 270 g/mol. The second-order valence-corrected chi connectivity index (χ2v) is 4.40. The molecule has 1 saturated heterocycles. The van der Waals surface area contributed by atoms with Gasteiger partial charge in [0.2, 0.25) is 0 Å². The lowest BCUT2D eigenvalue weighted by molar-refractivity contribution is -0.141. The Bertz CT molecular complexity index is 477. The highest BCUT2D eigenvalue weighted by Crippen LogP contribution is 2.25. The minimum absolute atomic E-state index is 0.236. The maximum Gasteiger partial charge on any atom is 0.416 e. The summed E-state index contributed by atoms with van der Waals surface area (Å²) in [7, 11) is 0. The Balaban J connectivity index is 2.08. The molecule has 2 rings (SSSR count). The fourth-order valence-electron chi connectivity index (χ4n) is 1.92. The van der Waals surface area contributed by atoms with Crippen LogP contribution in [-0.4, -0.2) is 34.7 Å². The number of rotatable bonds is 2. The van der Waals surface area contributed by atoms with Crippen molar-refractivity contribution >= 4 is 23.7 Å². The van der Waals surface area contributed by atoms with Gasteiger partial charge in [0.25, 0.3) is 0 Å². The van der Waals surface area contributed by atoms with Crippen molar-refractivity contribution in [1.29, 1.82) is 0 Å². The minimum Gasteiger partial charge on any atom is -0.480 e. The highest BCUT2D eigenvalue weighted by molar-refractivity contribution is 6.32. The van der Waals surface area contributed by atoms with E-state index < -0.39 is 18.1 Å². The van der Waals surface area contributed by atoms with E-state index in [4.69, 9.17) is 21.4 Å². The molecule has 5 nitrogen and oxygen atoms in total. The number of ether oxygens (including phenoxy) is 1. The minimum atomic E-state index is -1.01. The smallest absolute Gasteiger partial charge is 0.416 e. The van der Waals surface area contributed by atoms with Crippen LogP contribution in [0.1, 0.15) is 12.8 Å². The van der Waals surface area contributed by atoms with E-state index >= 15 is 0 Å². The first-order chi connectivity index (χ1) is 8.59. The van der Waals surface area contributed by atoms with Gasteiger partial charge in [-0.05, 0) is 25.0 Å². The molecule has 0 aliphatic carbocycles. The molecule has 1 heterocycles. The molecule has 18 heavy (non-hydrogen) atoms. The van der Waals surface area contributed by atoms with Crippen LogP contribution in [0.2, 0.25) is 5.02 Å². The van der Waals surface area contributed by atoms with E-state index in [0.717, 1.165) is 0 Å². The van der Waals surface area contributed by atoms with Crippen LogP contribution in [0.4, 0.5) is 4.79 Å². The molecule has 1 fully saturated rings. The number of amides is 1. The van der Waals surface area contributed by atoms with Gasteiger partial charge in [0.1, 0.15) is 6.04 Å². The number of likely N-dealkylation sites (tertiary alicyclic amines) is 1. The van der Waals surface area contributed by atoms with Gasteiger partial charge >= 0.3 is 12.1 Å². The van der Waals surface area contributed by atoms with E-state index in [1.807, 2.05) is 0 Å². The fourth-order valence-corrected chi connectivity index (χ4v) is 2.10. The molecular formula is C12H12ClNO4. The maximum absolute atomic E-state index is 11.9. The summed E-state index contributed by atoms with van der Waals surface area (Å²) in [4.78, 5) is 24.0. The van der Waals surface area contributed by atoms with Crippen molar-refractivity contribution in [3.8, 4) is 5.75 Å². The molecular weight excluding hydrogens is 258 g/mol. The summed E-state index contributed by atoms with van der Waals surface area (Å²) in [5.74, 6) is -0.774. The van der Waals surface area contributed by atoms with Crippen LogP contribution in [0.3, 0.4) is 0 Å². The first kappa shape index (κ1) is 12.7. The SMILES string of the molecule is O=C(O)C1CCCN1C(=O)Oc1ccccc1Cl. The Labute approximate surface area is 109 Å². The molecule has 1 unspecified atom stereocenters. The maximum atomic E-state index is 11.9. The van der Waals surface area contributed by atoms with Crippen molar-refractivity contribution in [2.24, 2.45) is 0 Å². The van der Waals surface area contributed by atoms with Crippen molar-refractivity contribution in [2.75, 3.05) is 6.54 Å². The average Bonchev–Trinajstić information content (AvgIpc) is 2.81. The number of para-hydroxylation sites is 1. The van der Waals surface area contributed by atoms with Crippen LogP contribution in [0.5, 0.6) is 5.75 Å². The molecule has 1 aromatic rings. The topological polar surface area (TPSA) is 66.8 Å². The van der Waals surface area contributed by atoms with Crippen LogP contribution in [0.15, 0.2) is 24.3 Å². The number of carbonyl (C=O) groups is 2. The van der Waals surface area contributed by atoms with E-state index in [1.54, 1.807) is 24.3 Å².